The number of hydrogen-bond donors (Lipinski definition) is 1. The Bertz CT molecular complexity index is 431. The van der Waals surface area contributed by atoms with Crippen molar-refractivity contribution in [3.8, 4) is 6.07 Å². The van der Waals surface area contributed by atoms with Crippen molar-refractivity contribution < 1.29 is 13.6 Å². The highest BCUT2D eigenvalue weighted by atomic mass is 32.2. The second-order valence-electron chi connectivity index (χ2n) is 2.82. The maximum atomic E-state index is 13.1. The van der Waals surface area contributed by atoms with Gasteiger partial charge in [-0.3, -0.25) is 4.79 Å². The molecular formula is C10H8F2N2OS. The number of carbonyl (C=O) groups excluding carboxylic acids is 1. The molecule has 0 saturated heterocycles. The fraction of sp³-hybridized carbons (Fsp3) is 0.200. The number of nitrogens with one attached hydrogen (secondary N) is 1. The first-order chi connectivity index (χ1) is 7.63. The number of nitrogens with zero attached hydrogens (tertiary/aromatic N) is 1. The Morgan fingerprint density at radius 1 is 1.50 bits per heavy atom. The molecular weight excluding hydrogens is 234 g/mol. The van der Waals surface area contributed by atoms with Crippen LogP contribution in [0.1, 0.15) is 0 Å². The first-order valence-electron chi connectivity index (χ1n) is 4.33. The van der Waals surface area contributed by atoms with E-state index in [1.807, 2.05) is 6.07 Å². The molecule has 0 saturated carbocycles. The van der Waals surface area contributed by atoms with Crippen LogP contribution >= 0.6 is 11.8 Å². The second kappa shape index (κ2) is 6.08. The number of anilines is 1. The fourth-order valence-corrected chi connectivity index (χ4v) is 1.42. The lowest BCUT2D eigenvalue weighted by Gasteiger charge is -2.05. The van der Waals surface area contributed by atoms with Gasteiger partial charge in [-0.1, -0.05) is 0 Å². The molecule has 0 aliphatic carbocycles. The van der Waals surface area contributed by atoms with Gasteiger partial charge < -0.3 is 5.32 Å². The number of benzene rings is 1. The van der Waals surface area contributed by atoms with Crippen LogP contribution in [0, 0.1) is 23.0 Å². The number of amides is 1. The van der Waals surface area contributed by atoms with E-state index in [0.717, 1.165) is 30.0 Å². The minimum absolute atomic E-state index is 0.0313. The summed E-state index contributed by atoms with van der Waals surface area (Å²) in [6.45, 7) is 0. The third-order valence-electron chi connectivity index (χ3n) is 1.60. The Kier molecular flexibility index (Phi) is 4.73. The molecule has 84 valence electrons. The van der Waals surface area contributed by atoms with Crippen LogP contribution < -0.4 is 5.32 Å². The normalized spacial score (nSPS) is 9.56. The molecule has 1 aromatic rings. The Hall–Kier alpha value is -1.61. The minimum Gasteiger partial charge on any atom is -0.323 e. The molecule has 1 aromatic carbocycles. The summed E-state index contributed by atoms with van der Waals surface area (Å²) < 4.78 is 25.8. The third kappa shape index (κ3) is 3.87. The lowest BCUT2D eigenvalue weighted by molar-refractivity contribution is -0.113. The lowest BCUT2D eigenvalue weighted by Crippen LogP contribution is -2.15. The van der Waals surface area contributed by atoms with Gasteiger partial charge in [0.05, 0.1) is 23.3 Å². The second-order valence-corrected chi connectivity index (χ2v) is 3.81. The van der Waals surface area contributed by atoms with E-state index in [1.54, 1.807) is 0 Å². The summed E-state index contributed by atoms with van der Waals surface area (Å²) in [4.78, 5) is 11.2. The van der Waals surface area contributed by atoms with Gasteiger partial charge in [0.25, 0.3) is 0 Å². The van der Waals surface area contributed by atoms with Gasteiger partial charge in [-0.05, 0) is 12.1 Å². The van der Waals surface area contributed by atoms with Gasteiger partial charge in [-0.2, -0.15) is 5.26 Å². The molecule has 0 spiro atoms. The molecule has 1 amide bonds. The van der Waals surface area contributed by atoms with Crippen LogP contribution in [0.2, 0.25) is 0 Å². The molecule has 1 N–H and O–H groups in total. The van der Waals surface area contributed by atoms with Gasteiger partial charge in [-0.25, -0.2) is 8.78 Å². The van der Waals surface area contributed by atoms with Gasteiger partial charge in [0.1, 0.15) is 11.6 Å². The minimum atomic E-state index is -0.694. The number of rotatable bonds is 4. The summed E-state index contributed by atoms with van der Waals surface area (Å²) in [6, 6.07) is 4.67. The topological polar surface area (TPSA) is 52.9 Å². The zero-order chi connectivity index (χ0) is 12.0. The Balaban J connectivity index is 2.56. The average Bonchev–Trinajstić information content (AvgIpc) is 2.24. The highest BCUT2D eigenvalue weighted by Crippen LogP contribution is 2.15. The number of nitriles is 1. The van der Waals surface area contributed by atoms with Crippen molar-refractivity contribution in [2.45, 2.75) is 0 Å². The molecule has 0 bridgehead atoms. The first kappa shape index (κ1) is 12.5. The number of carbonyl (C=O) groups is 1. The van der Waals surface area contributed by atoms with Gasteiger partial charge >= 0.3 is 0 Å². The van der Waals surface area contributed by atoms with E-state index in [2.05, 4.69) is 5.32 Å². The number of halogens is 2. The standard InChI is InChI=1S/C10H8F2N2OS/c11-7-1-2-8(12)9(5-7)14-10(15)6-16-4-3-13/h1-2,5H,4,6H2,(H,14,15). The number of hydrogen-bond acceptors (Lipinski definition) is 3. The average molecular weight is 242 g/mol. The van der Waals surface area contributed by atoms with Crippen molar-refractivity contribution in [3.05, 3.63) is 29.8 Å². The molecule has 0 aromatic heterocycles. The van der Waals surface area contributed by atoms with E-state index < -0.39 is 17.5 Å². The summed E-state index contributed by atoms with van der Waals surface area (Å²) in [5.41, 5.74) is -0.192. The van der Waals surface area contributed by atoms with Crippen molar-refractivity contribution in [1.82, 2.24) is 0 Å². The maximum Gasteiger partial charge on any atom is 0.234 e. The SMILES string of the molecule is N#CCSCC(=O)Nc1cc(F)ccc1F. The summed E-state index contributed by atoms with van der Waals surface area (Å²) in [5.74, 6) is -1.58. The molecule has 0 aliphatic rings. The summed E-state index contributed by atoms with van der Waals surface area (Å²) in [6.07, 6.45) is 0. The molecule has 0 radical (unpaired) electrons. The number of thioether (sulfide) groups is 1. The van der Waals surface area contributed by atoms with E-state index in [-0.39, 0.29) is 17.2 Å². The first-order valence-corrected chi connectivity index (χ1v) is 5.48. The smallest absolute Gasteiger partial charge is 0.234 e. The third-order valence-corrected chi connectivity index (χ3v) is 2.40. The van der Waals surface area contributed by atoms with Gasteiger partial charge in [0.15, 0.2) is 0 Å². The molecule has 0 aliphatic heterocycles. The van der Waals surface area contributed by atoms with Crippen molar-refractivity contribution >= 4 is 23.4 Å². The summed E-state index contributed by atoms with van der Waals surface area (Å²) in [5, 5.41) is 10.5. The molecule has 6 heteroatoms. The van der Waals surface area contributed by atoms with Gasteiger partial charge in [-0.15, -0.1) is 11.8 Å². The molecule has 0 unspecified atom stereocenters. The Labute approximate surface area is 95.4 Å². The van der Waals surface area contributed by atoms with Crippen molar-refractivity contribution in [2.24, 2.45) is 0 Å². The molecule has 0 atom stereocenters. The van der Waals surface area contributed by atoms with Gasteiger partial charge in [0.2, 0.25) is 5.91 Å². The zero-order valence-corrected chi connectivity index (χ0v) is 8.98. The van der Waals surface area contributed by atoms with E-state index in [1.165, 1.54) is 0 Å². The van der Waals surface area contributed by atoms with Crippen LogP contribution in [0.25, 0.3) is 0 Å². The molecule has 0 heterocycles. The zero-order valence-electron chi connectivity index (χ0n) is 8.17. The monoisotopic (exact) mass is 242 g/mol. The van der Waals surface area contributed by atoms with E-state index in [0.29, 0.717) is 0 Å². The summed E-state index contributed by atoms with van der Waals surface area (Å²) >= 11 is 1.10. The highest BCUT2D eigenvalue weighted by Gasteiger charge is 2.07. The highest BCUT2D eigenvalue weighted by molar-refractivity contribution is 8.00. The molecule has 1 rings (SSSR count). The lowest BCUT2D eigenvalue weighted by atomic mass is 10.3. The maximum absolute atomic E-state index is 13.1. The predicted octanol–water partition coefficient (Wildman–Crippen LogP) is 2.16. The quantitative estimate of drug-likeness (QED) is 0.823. The predicted molar refractivity (Wildman–Crippen MR) is 57.9 cm³/mol. The molecule has 3 nitrogen and oxygen atoms in total. The molecule has 16 heavy (non-hydrogen) atoms. The van der Waals surface area contributed by atoms with Crippen LogP contribution in [0.4, 0.5) is 14.5 Å². The van der Waals surface area contributed by atoms with Gasteiger partial charge in [0, 0.05) is 6.07 Å². The van der Waals surface area contributed by atoms with E-state index >= 15 is 0 Å². The van der Waals surface area contributed by atoms with Crippen molar-refractivity contribution in [3.63, 3.8) is 0 Å². The largest absolute Gasteiger partial charge is 0.323 e. The van der Waals surface area contributed by atoms with Crippen LogP contribution in [0.3, 0.4) is 0 Å². The van der Waals surface area contributed by atoms with Crippen LogP contribution in [0.5, 0.6) is 0 Å². The van der Waals surface area contributed by atoms with E-state index in [9.17, 15) is 13.6 Å². The van der Waals surface area contributed by atoms with Crippen molar-refractivity contribution in [2.75, 3.05) is 16.8 Å². The van der Waals surface area contributed by atoms with Crippen LogP contribution in [-0.4, -0.2) is 17.4 Å². The fourth-order valence-electron chi connectivity index (χ4n) is 0.969. The van der Waals surface area contributed by atoms with Crippen LogP contribution in [0.15, 0.2) is 18.2 Å². The van der Waals surface area contributed by atoms with Crippen LogP contribution in [-0.2, 0) is 4.79 Å². The van der Waals surface area contributed by atoms with Crippen molar-refractivity contribution in [1.29, 1.82) is 5.26 Å². The Morgan fingerprint density at radius 3 is 2.94 bits per heavy atom. The molecule has 0 fully saturated rings. The summed E-state index contributed by atoms with van der Waals surface area (Å²) in [7, 11) is 0. The van der Waals surface area contributed by atoms with E-state index in [4.69, 9.17) is 5.26 Å². The Morgan fingerprint density at radius 2 is 2.25 bits per heavy atom.